The third kappa shape index (κ3) is 1.58. The lowest BCUT2D eigenvalue weighted by Gasteiger charge is -2.22. The summed E-state index contributed by atoms with van der Waals surface area (Å²) in [6, 6.07) is 0. The minimum absolute atomic E-state index is 0.0463. The Hall–Kier alpha value is -2.32. The molecule has 0 aliphatic carbocycles. The number of imide groups is 2. The minimum atomic E-state index is -0.463. The number of hydrogen-bond acceptors (Lipinski definition) is 6. The van der Waals surface area contributed by atoms with Crippen molar-refractivity contribution >= 4 is 23.6 Å². The summed E-state index contributed by atoms with van der Waals surface area (Å²) >= 11 is 0. The van der Waals surface area contributed by atoms with Gasteiger partial charge >= 0.3 is 0 Å². The van der Waals surface area contributed by atoms with Gasteiger partial charge in [0.1, 0.15) is 0 Å². The molecule has 6 aliphatic heterocycles. The zero-order valence-electron chi connectivity index (χ0n) is 13.7. The molecule has 4 saturated heterocycles. The van der Waals surface area contributed by atoms with Gasteiger partial charge in [0.25, 0.3) is 0 Å². The van der Waals surface area contributed by atoms with E-state index in [0.29, 0.717) is 0 Å². The fourth-order valence-electron chi connectivity index (χ4n) is 5.37. The van der Waals surface area contributed by atoms with Crippen molar-refractivity contribution in [2.45, 2.75) is 24.4 Å². The molecule has 0 saturated carbocycles. The topological polar surface area (TPSA) is 93.2 Å². The SMILES string of the molecule is O=C1[C@@H]2[C@H](C(=O)N1CCN1C(=O)[C@@H]3[C@H](C1=O)[C@H]1C=C[C@H]3O1)[C@H]1C=C[C@H]2O1. The fraction of sp³-hybridized carbons (Fsp3) is 0.556. The Labute approximate surface area is 148 Å². The zero-order valence-corrected chi connectivity index (χ0v) is 13.7. The number of nitrogens with zero attached hydrogens (tertiary/aromatic N) is 2. The van der Waals surface area contributed by atoms with Gasteiger partial charge in [0.15, 0.2) is 0 Å². The fourth-order valence-corrected chi connectivity index (χ4v) is 5.37. The van der Waals surface area contributed by atoms with Crippen LogP contribution < -0.4 is 0 Å². The standard InChI is InChI=1S/C18H16N2O6/c21-15-11-7-1-2-8(25-7)12(11)16(22)19(15)5-6-20-17(23)13-9-3-4-10(26-9)14(13)18(20)24/h1-4,7-14H,5-6H2/t7-,8-,9-,10-,11-,12+,13-,14+/m1/s1. The van der Waals surface area contributed by atoms with E-state index in [2.05, 4.69) is 0 Å². The van der Waals surface area contributed by atoms with Crippen molar-refractivity contribution in [3.63, 3.8) is 0 Å². The van der Waals surface area contributed by atoms with Crippen LogP contribution in [0.5, 0.6) is 0 Å². The van der Waals surface area contributed by atoms with Gasteiger partial charge in [-0.1, -0.05) is 24.3 Å². The van der Waals surface area contributed by atoms with Crippen LogP contribution in [0.1, 0.15) is 0 Å². The highest BCUT2D eigenvalue weighted by molar-refractivity contribution is 6.08. The van der Waals surface area contributed by atoms with Crippen LogP contribution in [0.15, 0.2) is 24.3 Å². The number of rotatable bonds is 3. The van der Waals surface area contributed by atoms with Crippen molar-refractivity contribution in [3.05, 3.63) is 24.3 Å². The van der Waals surface area contributed by atoms with Gasteiger partial charge in [0.05, 0.1) is 48.1 Å². The van der Waals surface area contributed by atoms with Crippen LogP contribution in [0.3, 0.4) is 0 Å². The predicted octanol–water partition coefficient (Wildman–Crippen LogP) is -1.14. The molecule has 4 amide bonds. The quantitative estimate of drug-likeness (QED) is 0.469. The molecule has 0 aromatic rings. The molecule has 134 valence electrons. The Kier molecular flexibility index (Phi) is 2.67. The van der Waals surface area contributed by atoms with Crippen molar-refractivity contribution < 1.29 is 28.7 Å². The molecule has 8 heteroatoms. The van der Waals surface area contributed by atoms with Gasteiger partial charge in [-0.25, -0.2) is 0 Å². The van der Waals surface area contributed by atoms with Gasteiger partial charge in [-0.3, -0.25) is 29.0 Å². The van der Waals surface area contributed by atoms with E-state index < -0.39 is 23.7 Å². The van der Waals surface area contributed by atoms with Gasteiger partial charge in [-0.15, -0.1) is 0 Å². The van der Waals surface area contributed by atoms with E-state index in [1.165, 1.54) is 9.80 Å². The van der Waals surface area contributed by atoms with E-state index in [-0.39, 0.29) is 61.1 Å². The highest BCUT2D eigenvalue weighted by Crippen LogP contribution is 2.46. The van der Waals surface area contributed by atoms with E-state index in [9.17, 15) is 19.2 Å². The second-order valence-corrected chi connectivity index (χ2v) is 7.66. The van der Waals surface area contributed by atoms with Gasteiger partial charge in [0.2, 0.25) is 23.6 Å². The van der Waals surface area contributed by atoms with Crippen LogP contribution in [0.2, 0.25) is 0 Å². The first kappa shape index (κ1) is 14.8. The first-order valence-corrected chi connectivity index (χ1v) is 8.94. The molecular formula is C18H16N2O6. The first-order valence-electron chi connectivity index (χ1n) is 8.94. The van der Waals surface area contributed by atoms with E-state index in [4.69, 9.17) is 9.47 Å². The van der Waals surface area contributed by atoms with E-state index in [1.807, 2.05) is 24.3 Å². The lowest BCUT2D eigenvalue weighted by Crippen LogP contribution is -2.43. The molecule has 6 aliphatic rings. The Morgan fingerprint density at radius 3 is 1.12 bits per heavy atom. The molecule has 0 aromatic carbocycles. The lowest BCUT2D eigenvalue weighted by atomic mass is 9.85. The number of fused-ring (bicyclic) bond motifs is 10. The van der Waals surface area contributed by atoms with E-state index in [1.54, 1.807) is 0 Å². The van der Waals surface area contributed by atoms with Crippen LogP contribution in [0, 0.1) is 23.7 Å². The lowest BCUT2D eigenvalue weighted by molar-refractivity contribution is -0.147. The molecule has 0 spiro atoms. The van der Waals surface area contributed by atoms with Crippen molar-refractivity contribution in [2.24, 2.45) is 23.7 Å². The summed E-state index contributed by atoms with van der Waals surface area (Å²) in [6.45, 7) is 0.0926. The molecule has 6 heterocycles. The zero-order chi connectivity index (χ0) is 17.7. The van der Waals surface area contributed by atoms with Gasteiger partial charge in [-0.2, -0.15) is 0 Å². The Balaban J connectivity index is 1.19. The molecule has 0 radical (unpaired) electrons. The van der Waals surface area contributed by atoms with E-state index >= 15 is 0 Å². The normalized spacial score (nSPS) is 47.1. The number of amides is 4. The highest BCUT2D eigenvalue weighted by Gasteiger charge is 2.62. The average Bonchev–Trinajstić information content (AvgIpc) is 3.43. The Bertz CT molecular complexity index is 706. The predicted molar refractivity (Wildman–Crippen MR) is 83.0 cm³/mol. The molecule has 0 aromatic heterocycles. The average molecular weight is 356 g/mol. The first-order chi connectivity index (χ1) is 12.6. The smallest absolute Gasteiger partial charge is 0.236 e. The molecule has 4 bridgehead atoms. The largest absolute Gasteiger partial charge is 0.365 e. The monoisotopic (exact) mass is 356 g/mol. The Morgan fingerprint density at radius 1 is 0.577 bits per heavy atom. The number of carbonyl (C=O) groups is 4. The van der Waals surface area contributed by atoms with Crippen molar-refractivity contribution in [3.8, 4) is 0 Å². The molecule has 26 heavy (non-hydrogen) atoms. The maximum atomic E-state index is 12.6. The summed E-state index contributed by atoms with van der Waals surface area (Å²) in [4.78, 5) is 52.9. The number of ether oxygens (including phenoxy) is 2. The van der Waals surface area contributed by atoms with Gasteiger partial charge in [-0.05, 0) is 0 Å². The summed E-state index contributed by atoms with van der Waals surface area (Å²) in [6.07, 6.45) is 5.99. The summed E-state index contributed by atoms with van der Waals surface area (Å²) in [5, 5.41) is 0. The molecule has 6 rings (SSSR count). The van der Waals surface area contributed by atoms with Gasteiger partial charge in [0, 0.05) is 13.1 Å². The molecule has 8 atom stereocenters. The van der Waals surface area contributed by atoms with Crippen molar-refractivity contribution in [2.75, 3.05) is 13.1 Å². The third-order valence-corrected chi connectivity index (χ3v) is 6.55. The van der Waals surface area contributed by atoms with Crippen molar-refractivity contribution in [1.29, 1.82) is 0 Å². The molecule has 8 nitrogen and oxygen atoms in total. The van der Waals surface area contributed by atoms with Crippen LogP contribution in [-0.2, 0) is 28.7 Å². The number of likely N-dealkylation sites (tertiary alicyclic amines) is 2. The molecule has 0 unspecified atom stereocenters. The third-order valence-electron chi connectivity index (χ3n) is 6.55. The molecule has 0 N–H and O–H groups in total. The van der Waals surface area contributed by atoms with Crippen LogP contribution in [0.25, 0.3) is 0 Å². The number of carbonyl (C=O) groups excluding carboxylic acids is 4. The Morgan fingerprint density at radius 2 is 0.846 bits per heavy atom. The number of hydrogen-bond donors (Lipinski definition) is 0. The minimum Gasteiger partial charge on any atom is -0.365 e. The van der Waals surface area contributed by atoms with E-state index in [0.717, 1.165) is 0 Å². The second-order valence-electron chi connectivity index (χ2n) is 7.66. The summed E-state index contributed by atoms with van der Waals surface area (Å²) < 4.78 is 11.2. The maximum Gasteiger partial charge on any atom is 0.236 e. The van der Waals surface area contributed by atoms with Crippen LogP contribution in [-0.4, -0.2) is 70.9 Å². The molecule has 4 fully saturated rings. The van der Waals surface area contributed by atoms with Gasteiger partial charge < -0.3 is 9.47 Å². The maximum absolute atomic E-state index is 12.6. The van der Waals surface area contributed by atoms with Crippen LogP contribution in [0.4, 0.5) is 0 Å². The molecular weight excluding hydrogens is 340 g/mol. The van der Waals surface area contributed by atoms with Crippen molar-refractivity contribution in [1.82, 2.24) is 9.80 Å². The summed E-state index contributed by atoms with van der Waals surface area (Å²) in [5.74, 6) is -2.90. The highest BCUT2D eigenvalue weighted by atomic mass is 16.5. The summed E-state index contributed by atoms with van der Waals surface area (Å²) in [5.41, 5.74) is 0. The van der Waals surface area contributed by atoms with Crippen LogP contribution >= 0.6 is 0 Å². The second kappa shape index (κ2) is 4.69. The summed E-state index contributed by atoms with van der Waals surface area (Å²) in [7, 11) is 0.